The topological polar surface area (TPSA) is 54.5 Å². The Kier molecular flexibility index (Phi) is 6.31. The number of carbonyl (C=O) groups excluding carboxylic acids is 1. The van der Waals surface area contributed by atoms with Crippen LogP contribution in [0.2, 0.25) is 0 Å². The summed E-state index contributed by atoms with van der Waals surface area (Å²) < 4.78 is 5.00. The Morgan fingerprint density at radius 2 is 2.33 bits per heavy atom. The second-order valence-electron chi connectivity index (χ2n) is 4.65. The molecule has 0 aliphatic rings. The van der Waals surface area contributed by atoms with Gasteiger partial charge < -0.3 is 10.1 Å². The minimum Gasteiger partial charge on any atom is -0.385 e. The highest BCUT2D eigenvalue weighted by Crippen LogP contribution is 2.28. The largest absolute Gasteiger partial charge is 0.385 e. The molecule has 2 heterocycles. The number of anilines is 1. The summed E-state index contributed by atoms with van der Waals surface area (Å²) in [6.45, 7) is 1.90. The van der Waals surface area contributed by atoms with Crippen LogP contribution >= 0.6 is 22.7 Å². The quantitative estimate of drug-likeness (QED) is 0.758. The molecular weight excluding hydrogens is 306 g/mol. The molecule has 114 valence electrons. The fraction of sp³-hybridized carbons (Fsp3) is 0.429. The highest BCUT2D eigenvalue weighted by Gasteiger charge is 2.10. The number of hydrogen-bond acceptors (Lipinski definition) is 6. The highest BCUT2D eigenvalue weighted by molar-refractivity contribution is 7.16. The van der Waals surface area contributed by atoms with Gasteiger partial charge in [0.15, 0.2) is 5.13 Å². The third-order valence-corrected chi connectivity index (χ3v) is 4.48. The van der Waals surface area contributed by atoms with E-state index in [1.807, 2.05) is 34.8 Å². The van der Waals surface area contributed by atoms with Crippen LogP contribution in [-0.4, -0.2) is 49.6 Å². The van der Waals surface area contributed by atoms with Crippen molar-refractivity contribution in [2.75, 3.05) is 39.2 Å². The molecule has 2 aromatic heterocycles. The molecule has 2 rings (SSSR count). The number of thiophene rings is 1. The first-order chi connectivity index (χ1) is 10.2. The summed E-state index contributed by atoms with van der Waals surface area (Å²) in [6, 6.07) is 4.02. The molecule has 0 aliphatic heterocycles. The molecule has 21 heavy (non-hydrogen) atoms. The first kappa shape index (κ1) is 16.1. The van der Waals surface area contributed by atoms with Gasteiger partial charge in [0.1, 0.15) is 0 Å². The molecule has 0 aromatic carbocycles. The zero-order valence-electron chi connectivity index (χ0n) is 12.2. The molecule has 5 nitrogen and oxygen atoms in total. The Labute approximate surface area is 132 Å². The summed E-state index contributed by atoms with van der Waals surface area (Å²) in [6.07, 6.45) is 0.917. The van der Waals surface area contributed by atoms with Gasteiger partial charge in [0, 0.05) is 25.6 Å². The lowest BCUT2D eigenvalue weighted by molar-refractivity contribution is -0.117. The van der Waals surface area contributed by atoms with Gasteiger partial charge in [-0.25, -0.2) is 4.98 Å². The zero-order valence-corrected chi connectivity index (χ0v) is 13.8. The van der Waals surface area contributed by atoms with Gasteiger partial charge in [-0.15, -0.1) is 22.7 Å². The smallest absolute Gasteiger partial charge is 0.240 e. The van der Waals surface area contributed by atoms with Gasteiger partial charge in [0.2, 0.25) is 5.91 Å². The lowest BCUT2D eigenvalue weighted by Gasteiger charge is -2.15. The second kappa shape index (κ2) is 8.23. The van der Waals surface area contributed by atoms with Crippen LogP contribution in [-0.2, 0) is 9.53 Å². The minimum absolute atomic E-state index is 0.0398. The number of nitrogens with zero attached hydrogens (tertiary/aromatic N) is 2. The van der Waals surface area contributed by atoms with Crippen LogP contribution in [0.25, 0.3) is 10.6 Å². The number of rotatable bonds is 8. The van der Waals surface area contributed by atoms with Crippen molar-refractivity contribution in [3.63, 3.8) is 0 Å². The van der Waals surface area contributed by atoms with Gasteiger partial charge in [0.05, 0.1) is 17.1 Å². The first-order valence-electron chi connectivity index (χ1n) is 6.66. The van der Waals surface area contributed by atoms with E-state index >= 15 is 0 Å². The molecule has 0 saturated heterocycles. The van der Waals surface area contributed by atoms with Crippen molar-refractivity contribution in [1.29, 1.82) is 0 Å². The number of methoxy groups -OCH3 is 1. The molecule has 0 spiro atoms. The lowest BCUT2D eigenvalue weighted by atomic mass is 10.4. The fourth-order valence-corrected chi connectivity index (χ4v) is 3.32. The van der Waals surface area contributed by atoms with E-state index in [1.165, 1.54) is 11.3 Å². The number of aromatic nitrogens is 1. The fourth-order valence-electron chi connectivity index (χ4n) is 1.83. The first-order valence-corrected chi connectivity index (χ1v) is 8.41. The van der Waals surface area contributed by atoms with Crippen LogP contribution in [0.1, 0.15) is 6.42 Å². The Morgan fingerprint density at radius 1 is 1.48 bits per heavy atom. The Hall–Kier alpha value is -1.28. The zero-order chi connectivity index (χ0) is 15.1. The van der Waals surface area contributed by atoms with E-state index in [-0.39, 0.29) is 5.91 Å². The lowest BCUT2D eigenvalue weighted by Crippen LogP contribution is -2.31. The second-order valence-corrected chi connectivity index (χ2v) is 6.45. The van der Waals surface area contributed by atoms with Crippen molar-refractivity contribution in [2.24, 2.45) is 0 Å². The molecule has 0 atom stereocenters. The van der Waals surface area contributed by atoms with Crippen molar-refractivity contribution in [2.45, 2.75) is 6.42 Å². The number of hydrogen-bond donors (Lipinski definition) is 1. The highest BCUT2D eigenvalue weighted by atomic mass is 32.1. The predicted octanol–water partition coefficient (Wildman–Crippen LogP) is 2.78. The Bertz CT molecular complexity index is 554. The molecule has 1 amide bonds. The summed E-state index contributed by atoms with van der Waals surface area (Å²) in [5, 5.41) is 7.47. The van der Waals surface area contributed by atoms with Gasteiger partial charge in [-0.2, -0.15) is 0 Å². The summed E-state index contributed by atoms with van der Waals surface area (Å²) >= 11 is 3.09. The van der Waals surface area contributed by atoms with Gasteiger partial charge in [-0.05, 0) is 24.9 Å². The Morgan fingerprint density at radius 3 is 3.05 bits per heavy atom. The summed E-state index contributed by atoms with van der Waals surface area (Å²) in [5.74, 6) is -0.0398. The van der Waals surface area contributed by atoms with Crippen LogP contribution in [0.15, 0.2) is 22.9 Å². The molecule has 0 saturated carbocycles. The number of carbonyl (C=O) groups is 1. The van der Waals surface area contributed by atoms with Gasteiger partial charge in [-0.1, -0.05) is 6.07 Å². The third-order valence-electron chi connectivity index (χ3n) is 2.83. The van der Waals surface area contributed by atoms with E-state index < -0.39 is 0 Å². The van der Waals surface area contributed by atoms with Crippen molar-refractivity contribution in [3.05, 3.63) is 22.9 Å². The van der Waals surface area contributed by atoms with Crippen LogP contribution in [0, 0.1) is 0 Å². The molecule has 1 N–H and O–H groups in total. The van der Waals surface area contributed by atoms with Gasteiger partial charge in [0.25, 0.3) is 0 Å². The summed E-state index contributed by atoms with van der Waals surface area (Å²) in [5.41, 5.74) is 0.916. The maximum Gasteiger partial charge on any atom is 0.240 e. The van der Waals surface area contributed by atoms with Crippen LogP contribution in [0.5, 0.6) is 0 Å². The summed E-state index contributed by atoms with van der Waals surface area (Å²) in [7, 11) is 3.61. The maximum atomic E-state index is 11.9. The third kappa shape index (κ3) is 5.20. The van der Waals surface area contributed by atoms with E-state index in [9.17, 15) is 4.79 Å². The number of thiazole rings is 1. The van der Waals surface area contributed by atoms with Crippen LogP contribution < -0.4 is 5.32 Å². The van der Waals surface area contributed by atoms with Gasteiger partial charge >= 0.3 is 0 Å². The van der Waals surface area contributed by atoms with Crippen LogP contribution in [0.4, 0.5) is 5.13 Å². The normalized spacial score (nSPS) is 11.0. The van der Waals surface area contributed by atoms with E-state index in [4.69, 9.17) is 4.74 Å². The van der Waals surface area contributed by atoms with Crippen molar-refractivity contribution >= 4 is 33.7 Å². The van der Waals surface area contributed by atoms with Crippen molar-refractivity contribution in [1.82, 2.24) is 9.88 Å². The SMILES string of the molecule is COCCCN(C)CC(=O)Nc1nc(-c2cccs2)cs1. The van der Waals surface area contributed by atoms with Crippen molar-refractivity contribution < 1.29 is 9.53 Å². The molecule has 7 heteroatoms. The molecular formula is C14H19N3O2S2. The predicted molar refractivity (Wildman–Crippen MR) is 88.0 cm³/mol. The minimum atomic E-state index is -0.0398. The maximum absolute atomic E-state index is 11.9. The van der Waals surface area contributed by atoms with E-state index in [1.54, 1.807) is 18.4 Å². The van der Waals surface area contributed by atoms with Gasteiger partial charge in [-0.3, -0.25) is 9.69 Å². The summed E-state index contributed by atoms with van der Waals surface area (Å²) in [4.78, 5) is 19.5. The average molecular weight is 325 g/mol. The van der Waals surface area contributed by atoms with E-state index in [0.29, 0.717) is 18.3 Å². The van der Waals surface area contributed by atoms with Crippen LogP contribution in [0.3, 0.4) is 0 Å². The number of amides is 1. The number of likely N-dealkylation sites (N-methyl/N-ethyl adjacent to an activating group) is 1. The molecule has 0 unspecified atom stereocenters. The molecule has 0 bridgehead atoms. The number of nitrogens with one attached hydrogen (secondary N) is 1. The number of ether oxygens (including phenoxy) is 1. The molecule has 0 aliphatic carbocycles. The van der Waals surface area contributed by atoms with E-state index in [0.717, 1.165) is 23.5 Å². The molecule has 0 fully saturated rings. The van der Waals surface area contributed by atoms with E-state index in [2.05, 4.69) is 10.3 Å². The Balaban J connectivity index is 1.80. The van der Waals surface area contributed by atoms with Crippen molar-refractivity contribution in [3.8, 4) is 10.6 Å². The monoisotopic (exact) mass is 325 g/mol. The standard InChI is InChI=1S/C14H19N3O2S2/c1-17(6-4-7-19-2)9-13(18)16-14-15-11(10-21-14)12-5-3-8-20-12/h3,5,8,10H,4,6-7,9H2,1-2H3,(H,15,16,18). The molecule has 2 aromatic rings. The average Bonchev–Trinajstić information content (AvgIpc) is 3.09. The molecule has 0 radical (unpaired) electrons.